The summed E-state index contributed by atoms with van der Waals surface area (Å²) in [6.07, 6.45) is 0.829. The van der Waals surface area contributed by atoms with Crippen LogP contribution < -0.4 is 10.6 Å². The van der Waals surface area contributed by atoms with Crippen molar-refractivity contribution in [3.8, 4) is 0 Å². The van der Waals surface area contributed by atoms with Crippen LogP contribution >= 0.6 is 0 Å². The van der Waals surface area contributed by atoms with Crippen LogP contribution in [0.1, 0.15) is 34.1 Å². The molecule has 0 atom stereocenters. The summed E-state index contributed by atoms with van der Waals surface area (Å²) in [5.74, 6) is -1.04. The first-order valence-electron chi connectivity index (χ1n) is 7.06. The van der Waals surface area contributed by atoms with Crippen LogP contribution in [0.5, 0.6) is 0 Å². The number of hydrogen-bond acceptors (Lipinski definition) is 2. The summed E-state index contributed by atoms with van der Waals surface area (Å²) in [6, 6.07) is 12.0. The molecule has 2 amide bonds. The number of carbonyl (C=O) groups excluding carboxylic acids is 2. The number of para-hydroxylation sites is 1. The van der Waals surface area contributed by atoms with E-state index in [0.717, 1.165) is 6.42 Å². The molecule has 4 nitrogen and oxygen atoms in total. The molecule has 0 fully saturated rings. The average molecular weight is 300 g/mol. The molecule has 0 radical (unpaired) electrons. The summed E-state index contributed by atoms with van der Waals surface area (Å²) in [5, 5.41) is 5.45. The highest BCUT2D eigenvalue weighted by atomic mass is 19.1. The maximum absolute atomic E-state index is 12.9. The highest BCUT2D eigenvalue weighted by Gasteiger charge is 2.13. The molecule has 0 unspecified atom stereocenters. The molecule has 0 saturated heterocycles. The van der Waals surface area contributed by atoms with E-state index in [0.29, 0.717) is 23.4 Å². The first kappa shape index (κ1) is 15.7. The van der Waals surface area contributed by atoms with Gasteiger partial charge in [0.05, 0.1) is 11.3 Å². The van der Waals surface area contributed by atoms with E-state index in [1.807, 2.05) is 6.92 Å². The minimum absolute atomic E-state index is 0.239. The summed E-state index contributed by atoms with van der Waals surface area (Å²) < 4.78 is 12.9. The smallest absolute Gasteiger partial charge is 0.255 e. The predicted octanol–water partition coefficient (Wildman–Crippen LogP) is 3.22. The normalized spacial score (nSPS) is 10.1. The fraction of sp³-hybridized carbons (Fsp3) is 0.176. The van der Waals surface area contributed by atoms with E-state index in [9.17, 15) is 14.0 Å². The van der Waals surface area contributed by atoms with Gasteiger partial charge in [0.25, 0.3) is 11.8 Å². The number of halogens is 1. The highest BCUT2D eigenvalue weighted by molar-refractivity contribution is 6.08. The second-order valence-corrected chi connectivity index (χ2v) is 4.76. The summed E-state index contributed by atoms with van der Waals surface area (Å²) in [5.41, 5.74) is 1.14. The molecule has 2 N–H and O–H groups in total. The summed E-state index contributed by atoms with van der Waals surface area (Å²) in [6.45, 7) is 2.53. The van der Waals surface area contributed by atoms with Gasteiger partial charge in [-0.25, -0.2) is 4.39 Å². The molecule has 0 heterocycles. The molecule has 2 aromatic carbocycles. The largest absolute Gasteiger partial charge is 0.352 e. The molecule has 0 saturated carbocycles. The molecule has 2 aromatic rings. The Kier molecular flexibility index (Phi) is 5.25. The maximum atomic E-state index is 12.9. The Morgan fingerprint density at radius 3 is 2.36 bits per heavy atom. The minimum Gasteiger partial charge on any atom is -0.352 e. The molecule has 0 aliphatic rings. The number of anilines is 1. The third kappa shape index (κ3) is 3.91. The van der Waals surface area contributed by atoms with Gasteiger partial charge in [-0.3, -0.25) is 9.59 Å². The van der Waals surface area contributed by atoms with E-state index in [4.69, 9.17) is 0 Å². The third-order valence-electron chi connectivity index (χ3n) is 3.06. The maximum Gasteiger partial charge on any atom is 0.255 e. The number of benzene rings is 2. The molecule has 0 aliphatic heterocycles. The number of nitrogens with one attached hydrogen (secondary N) is 2. The number of carbonyl (C=O) groups is 2. The molecule has 0 aliphatic carbocycles. The van der Waals surface area contributed by atoms with Crippen LogP contribution in [-0.4, -0.2) is 18.4 Å². The Morgan fingerprint density at radius 2 is 1.68 bits per heavy atom. The van der Waals surface area contributed by atoms with E-state index in [-0.39, 0.29) is 5.91 Å². The molecular formula is C17H17FN2O2. The van der Waals surface area contributed by atoms with Gasteiger partial charge in [-0.2, -0.15) is 0 Å². The lowest BCUT2D eigenvalue weighted by Gasteiger charge is -2.11. The fourth-order valence-corrected chi connectivity index (χ4v) is 1.92. The van der Waals surface area contributed by atoms with Gasteiger partial charge in [-0.05, 0) is 42.8 Å². The highest BCUT2D eigenvalue weighted by Crippen LogP contribution is 2.16. The van der Waals surface area contributed by atoms with E-state index >= 15 is 0 Å². The van der Waals surface area contributed by atoms with Gasteiger partial charge in [-0.1, -0.05) is 19.1 Å². The van der Waals surface area contributed by atoms with Crippen molar-refractivity contribution in [1.82, 2.24) is 5.32 Å². The lowest BCUT2D eigenvalue weighted by atomic mass is 10.1. The Morgan fingerprint density at radius 1 is 1.00 bits per heavy atom. The Labute approximate surface area is 128 Å². The summed E-state index contributed by atoms with van der Waals surface area (Å²) in [7, 11) is 0. The van der Waals surface area contributed by atoms with Crippen LogP contribution in [0.15, 0.2) is 48.5 Å². The van der Waals surface area contributed by atoms with E-state index in [1.165, 1.54) is 24.3 Å². The summed E-state index contributed by atoms with van der Waals surface area (Å²) >= 11 is 0. The lowest BCUT2D eigenvalue weighted by Crippen LogP contribution is -2.25. The average Bonchev–Trinajstić information content (AvgIpc) is 2.53. The van der Waals surface area contributed by atoms with Crippen molar-refractivity contribution in [1.29, 1.82) is 0 Å². The van der Waals surface area contributed by atoms with Crippen molar-refractivity contribution in [3.05, 3.63) is 65.5 Å². The van der Waals surface area contributed by atoms with Gasteiger partial charge < -0.3 is 10.6 Å². The van der Waals surface area contributed by atoms with Crippen LogP contribution in [-0.2, 0) is 0 Å². The van der Waals surface area contributed by atoms with Crippen molar-refractivity contribution in [2.75, 3.05) is 11.9 Å². The predicted molar refractivity (Wildman–Crippen MR) is 83.4 cm³/mol. The molecule has 0 bridgehead atoms. The fourth-order valence-electron chi connectivity index (χ4n) is 1.92. The van der Waals surface area contributed by atoms with E-state index < -0.39 is 11.7 Å². The van der Waals surface area contributed by atoms with Crippen LogP contribution in [0.3, 0.4) is 0 Å². The standard InChI is InChI=1S/C17H17FN2O2/c1-2-11-19-17(22)14-5-3-4-6-15(14)20-16(21)12-7-9-13(18)10-8-12/h3-10H,2,11H2,1H3,(H,19,22)(H,20,21). The van der Waals surface area contributed by atoms with Gasteiger partial charge in [-0.15, -0.1) is 0 Å². The monoisotopic (exact) mass is 300 g/mol. The van der Waals surface area contributed by atoms with Crippen molar-refractivity contribution >= 4 is 17.5 Å². The summed E-state index contributed by atoms with van der Waals surface area (Å²) in [4.78, 5) is 24.2. The Bertz CT molecular complexity index is 669. The number of hydrogen-bond donors (Lipinski definition) is 2. The van der Waals surface area contributed by atoms with Crippen LogP contribution in [0.4, 0.5) is 10.1 Å². The molecule has 22 heavy (non-hydrogen) atoms. The number of rotatable bonds is 5. The quantitative estimate of drug-likeness (QED) is 0.890. The van der Waals surface area contributed by atoms with Crippen LogP contribution in [0, 0.1) is 5.82 Å². The van der Waals surface area contributed by atoms with Gasteiger partial charge in [0.1, 0.15) is 5.82 Å². The molecule has 2 rings (SSSR count). The van der Waals surface area contributed by atoms with Gasteiger partial charge in [0.2, 0.25) is 0 Å². The first-order chi connectivity index (χ1) is 10.6. The van der Waals surface area contributed by atoms with Crippen LogP contribution in [0.2, 0.25) is 0 Å². The minimum atomic E-state index is -0.407. The molecule has 5 heteroatoms. The van der Waals surface area contributed by atoms with Crippen molar-refractivity contribution in [2.45, 2.75) is 13.3 Å². The Balaban J connectivity index is 2.17. The van der Waals surface area contributed by atoms with Crippen molar-refractivity contribution in [3.63, 3.8) is 0 Å². The molecule has 0 spiro atoms. The first-order valence-corrected chi connectivity index (χ1v) is 7.06. The second kappa shape index (κ2) is 7.36. The zero-order valence-corrected chi connectivity index (χ0v) is 12.2. The molecular weight excluding hydrogens is 283 g/mol. The van der Waals surface area contributed by atoms with Crippen molar-refractivity contribution in [2.24, 2.45) is 0 Å². The van der Waals surface area contributed by atoms with E-state index in [1.54, 1.807) is 24.3 Å². The Hall–Kier alpha value is -2.69. The zero-order chi connectivity index (χ0) is 15.9. The SMILES string of the molecule is CCCNC(=O)c1ccccc1NC(=O)c1ccc(F)cc1. The second-order valence-electron chi connectivity index (χ2n) is 4.76. The van der Waals surface area contributed by atoms with Crippen LogP contribution in [0.25, 0.3) is 0 Å². The van der Waals surface area contributed by atoms with Crippen molar-refractivity contribution < 1.29 is 14.0 Å². The topological polar surface area (TPSA) is 58.2 Å². The number of amides is 2. The molecule has 114 valence electrons. The molecule has 0 aromatic heterocycles. The van der Waals surface area contributed by atoms with Gasteiger partial charge in [0.15, 0.2) is 0 Å². The lowest BCUT2D eigenvalue weighted by molar-refractivity contribution is 0.0954. The third-order valence-corrected chi connectivity index (χ3v) is 3.06. The zero-order valence-electron chi connectivity index (χ0n) is 12.2. The van der Waals surface area contributed by atoms with E-state index in [2.05, 4.69) is 10.6 Å². The van der Waals surface area contributed by atoms with Gasteiger partial charge >= 0.3 is 0 Å². The van der Waals surface area contributed by atoms with Gasteiger partial charge in [0, 0.05) is 12.1 Å².